The summed E-state index contributed by atoms with van der Waals surface area (Å²) in [5.74, 6) is 0. The molecule has 0 amide bonds. The Balaban J connectivity index is -0.0000000208. The monoisotopic (exact) mass is 213 g/mol. The van der Waals surface area contributed by atoms with Gasteiger partial charge in [0.1, 0.15) is 0 Å². The van der Waals surface area contributed by atoms with E-state index in [0.29, 0.717) is 5.40 Å². The van der Waals surface area contributed by atoms with Crippen molar-refractivity contribution in [1.82, 2.24) is 0 Å². The number of hydrogen-bond donors (Lipinski definition) is 1. The minimum atomic E-state index is -4.36. The molecule has 0 aliphatic carbocycles. The summed E-state index contributed by atoms with van der Waals surface area (Å²) in [6, 6.07) is 0. The molecular formula is CH6AlClKNO3S. The van der Waals surface area contributed by atoms with Crippen LogP contribution < -0.4 is 51.4 Å². The summed E-state index contributed by atoms with van der Waals surface area (Å²) in [5.41, 5.74) is 0. The number of nitrogens with zero attached hydrogens (tertiary/aromatic N) is 1. The minimum Gasteiger partial charge on any atom is -1.00 e. The van der Waals surface area contributed by atoms with Crippen LogP contribution in [0.4, 0.5) is 0 Å². The first-order valence-electron chi connectivity index (χ1n) is 0.944. The second-order valence-corrected chi connectivity index (χ2v) is 1.70. The van der Waals surface area contributed by atoms with E-state index in [-0.39, 0.29) is 82.6 Å². The van der Waals surface area contributed by atoms with Crippen molar-refractivity contribution in [2.24, 2.45) is 0 Å². The predicted molar refractivity (Wildman–Crippen MR) is 35.5 cm³/mol. The smallest absolute Gasteiger partial charge is 1.00 e. The van der Waals surface area contributed by atoms with E-state index in [0.717, 1.165) is 0 Å². The van der Waals surface area contributed by atoms with Gasteiger partial charge in [-0.25, -0.2) is 0 Å². The molecule has 0 fully saturated rings. The molecule has 0 spiro atoms. The maximum absolute atomic E-state index is 9.19. The van der Waals surface area contributed by atoms with E-state index in [1.807, 2.05) is 0 Å². The second kappa shape index (κ2) is 9.86. The van der Waals surface area contributed by atoms with Crippen LogP contribution in [0, 0.1) is 10.7 Å². The normalized spacial score (nSPS) is 6.67. The fraction of sp³-hybridized carbons (Fsp3) is 0. The Hall–Kier alpha value is 1.86. The van der Waals surface area contributed by atoms with Crippen LogP contribution in [0.25, 0.3) is 0 Å². The van der Waals surface area contributed by atoms with Crippen LogP contribution >= 0.6 is 12.4 Å². The first kappa shape index (κ1) is 22.4. The fourth-order valence-corrected chi connectivity index (χ4v) is 0. The molecule has 9 heavy (non-hydrogen) atoms. The largest absolute Gasteiger partial charge is 1.00 e. The molecule has 0 bridgehead atoms. The maximum Gasteiger partial charge on any atom is 1.00 e. The topological polar surface area (TPSA) is 78.2 Å². The van der Waals surface area contributed by atoms with Crippen LogP contribution in [0.3, 0.4) is 0 Å². The quantitative estimate of drug-likeness (QED) is 0.191. The molecule has 8 heteroatoms. The first-order chi connectivity index (χ1) is 2.56. The van der Waals surface area contributed by atoms with Crippen molar-refractivity contribution in [2.75, 3.05) is 0 Å². The third-order valence-corrected chi connectivity index (χ3v) is 0.346. The van der Waals surface area contributed by atoms with E-state index >= 15 is 0 Å². The number of thiocyanates is 1. The van der Waals surface area contributed by atoms with Crippen molar-refractivity contribution in [3.8, 4) is 5.40 Å². The second-order valence-electron chi connectivity index (χ2n) is 0.566. The van der Waals surface area contributed by atoms with E-state index in [1.54, 1.807) is 0 Å². The molecule has 4 nitrogen and oxygen atoms in total. The molecule has 0 radical (unpaired) electrons. The van der Waals surface area contributed by atoms with Gasteiger partial charge in [-0.1, -0.05) is 0 Å². The summed E-state index contributed by atoms with van der Waals surface area (Å²) in [6.45, 7) is 0. The van der Waals surface area contributed by atoms with E-state index in [4.69, 9.17) is 9.81 Å². The summed E-state index contributed by atoms with van der Waals surface area (Å²) < 4.78 is 25.8. The fourth-order valence-electron chi connectivity index (χ4n) is 0. The molecule has 1 N–H and O–H groups in total. The molecule has 0 saturated heterocycles. The predicted octanol–water partition coefficient (Wildman–Crippen LogP) is -4.29. The zero-order valence-corrected chi connectivity index (χ0v) is 8.78. The maximum atomic E-state index is 9.19. The number of rotatable bonds is 0. The molecule has 0 atom stereocenters. The third-order valence-electron chi connectivity index (χ3n) is 0.115. The van der Waals surface area contributed by atoms with Gasteiger partial charge in [0.15, 0.2) is 17.4 Å². The summed E-state index contributed by atoms with van der Waals surface area (Å²) >= 11 is 0. The average Bonchev–Trinajstić information content (AvgIpc) is 1.35. The van der Waals surface area contributed by atoms with E-state index in [9.17, 15) is 8.42 Å². The Morgan fingerprint density at radius 1 is 1.56 bits per heavy atom. The van der Waals surface area contributed by atoms with E-state index in [2.05, 4.69) is 0 Å². The van der Waals surface area contributed by atoms with Crippen molar-refractivity contribution >= 4 is 39.9 Å². The third kappa shape index (κ3) is 25.8. The van der Waals surface area contributed by atoms with Gasteiger partial charge in [0.2, 0.25) is 5.40 Å². The molecule has 0 aromatic heterocycles. The summed E-state index contributed by atoms with van der Waals surface area (Å²) in [4.78, 5) is 0. The Morgan fingerprint density at radius 3 is 1.67 bits per heavy atom. The van der Waals surface area contributed by atoms with Crippen LogP contribution in [-0.4, -0.2) is 30.3 Å². The van der Waals surface area contributed by atoms with Crippen molar-refractivity contribution in [3.05, 3.63) is 0 Å². The average molecular weight is 214 g/mol. The van der Waals surface area contributed by atoms with Gasteiger partial charge < -0.3 is 1.43 Å². The molecule has 0 saturated carbocycles. The van der Waals surface area contributed by atoms with Crippen LogP contribution in [0.5, 0.6) is 0 Å². The molecule has 0 aromatic carbocycles. The number of hydrogen-bond acceptors (Lipinski definition) is 3. The molecule has 0 aromatic rings. The van der Waals surface area contributed by atoms with Gasteiger partial charge >= 0.3 is 61.5 Å². The molecule has 0 aliphatic heterocycles. The SMILES string of the molecule is Cl.N#CS(=O)(=O)O.[AlH3].[H-].[K+]. The van der Waals surface area contributed by atoms with Crippen LogP contribution in [0.15, 0.2) is 0 Å². The van der Waals surface area contributed by atoms with Crippen LogP contribution in [0.2, 0.25) is 0 Å². The molecule has 0 rings (SSSR count). The van der Waals surface area contributed by atoms with Crippen molar-refractivity contribution < 1.29 is 65.8 Å². The Morgan fingerprint density at radius 2 is 1.67 bits per heavy atom. The van der Waals surface area contributed by atoms with Gasteiger partial charge in [0, 0.05) is 0 Å². The van der Waals surface area contributed by atoms with Gasteiger partial charge in [0.25, 0.3) is 0 Å². The van der Waals surface area contributed by atoms with E-state index in [1.165, 1.54) is 0 Å². The molecule has 50 valence electrons. The molecule has 0 aliphatic rings. The number of halogens is 1. The van der Waals surface area contributed by atoms with Crippen molar-refractivity contribution in [2.45, 2.75) is 0 Å². The number of nitriles is 1. The van der Waals surface area contributed by atoms with Crippen molar-refractivity contribution in [3.63, 3.8) is 0 Å². The minimum absolute atomic E-state index is 0. The molecular weight excluding hydrogens is 208 g/mol. The van der Waals surface area contributed by atoms with Crippen LogP contribution in [-0.2, 0) is 10.1 Å². The molecule has 0 unspecified atom stereocenters. The van der Waals surface area contributed by atoms with E-state index < -0.39 is 10.1 Å². The van der Waals surface area contributed by atoms with Gasteiger partial charge in [-0.2, -0.15) is 13.7 Å². The van der Waals surface area contributed by atoms with Gasteiger partial charge in [0.05, 0.1) is 0 Å². The van der Waals surface area contributed by atoms with Gasteiger partial charge in [-0.3, -0.25) is 4.55 Å². The Labute approximate surface area is 114 Å². The van der Waals surface area contributed by atoms with Crippen molar-refractivity contribution in [1.29, 1.82) is 5.26 Å². The molecule has 0 heterocycles. The Kier molecular flexibility index (Phi) is 24.6. The summed E-state index contributed by atoms with van der Waals surface area (Å²) in [7, 11) is -4.36. The zero-order valence-electron chi connectivity index (χ0n) is 5.03. The zero-order chi connectivity index (χ0) is 5.21. The first-order valence-corrected chi connectivity index (χ1v) is 2.38. The van der Waals surface area contributed by atoms with Gasteiger partial charge in [-0.15, -0.1) is 12.4 Å². The standard InChI is InChI=1S/CHNO3S.Al.ClH.K.4H/c2-1-6(3,4)5;;;;;;;/h(H,3,4,5);;1H;;;;;/q;;;+1;;;;-1. The summed E-state index contributed by atoms with van der Waals surface area (Å²) in [5, 5.41) is 7.95. The summed E-state index contributed by atoms with van der Waals surface area (Å²) in [6.07, 6.45) is 0. The Bertz CT molecular complexity index is 177. The van der Waals surface area contributed by atoms with Gasteiger partial charge in [-0.05, 0) is 0 Å². The van der Waals surface area contributed by atoms with Crippen LogP contribution in [0.1, 0.15) is 1.43 Å².